The maximum absolute atomic E-state index is 12.4. The number of rotatable bonds is 6. The summed E-state index contributed by atoms with van der Waals surface area (Å²) in [4.78, 5) is 25.6. The molecule has 1 aliphatic rings. The van der Waals surface area contributed by atoms with Gasteiger partial charge in [0.25, 0.3) is 0 Å². The van der Waals surface area contributed by atoms with Crippen molar-refractivity contribution in [1.82, 2.24) is 4.90 Å². The first-order valence-corrected chi connectivity index (χ1v) is 9.59. The van der Waals surface area contributed by atoms with E-state index >= 15 is 0 Å². The molecule has 0 aliphatic heterocycles. The Balaban J connectivity index is 1.67. The van der Waals surface area contributed by atoms with Crippen molar-refractivity contribution in [2.24, 2.45) is 5.92 Å². The molecular formula is C22H27NO4. The molecule has 0 N–H and O–H groups in total. The lowest BCUT2D eigenvalue weighted by molar-refractivity contribution is -0.127. The predicted octanol–water partition coefficient (Wildman–Crippen LogP) is 4.57. The number of hydrogen-bond acceptors (Lipinski definition) is 4. The molecular weight excluding hydrogens is 342 g/mol. The van der Waals surface area contributed by atoms with Crippen molar-refractivity contribution in [1.29, 1.82) is 0 Å². The lowest BCUT2D eigenvalue weighted by Gasteiger charge is -2.20. The summed E-state index contributed by atoms with van der Waals surface area (Å²) in [6.07, 6.45) is 4.64. The molecule has 2 aromatic rings. The van der Waals surface area contributed by atoms with E-state index in [1.807, 2.05) is 36.4 Å². The Labute approximate surface area is 160 Å². The molecule has 1 aliphatic carbocycles. The molecule has 0 unspecified atom stereocenters. The lowest BCUT2D eigenvalue weighted by Crippen LogP contribution is -2.38. The van der Waals surface area contributed by atoms with Crippen LogP contribution < -0.4 is 4.74 Å². The first-order valence-electron chi connectivity index (χ1n) is 9.59. The van der Waals surface area contributed by atoms with Crippen molar-refractivity contribution < 1.29 is 19.1 Å². The van der Waals surface area contributed by atoms with Crippen LogP contribution in [0.5, 0.6) is 5.75 Å². The van der Waals surface area contributed by atoms with Gasteiger partial charge in [-0.1, -0.05) is 37.1 Å². The minimum atomic E-state index is -0.535. The fraction of sp³-hybridized carbons (Fsp3) is 0.455. The molecule has 5 heteroatoms. The van der Waals surface area contributed by atoms with Crippen LogP contribution in [0.2, 0.25) is 0 Å². The van der Waals surface area contributed by atoms with E-state index in [1.165, 1.54) is 24.7 Å². The molecule has 3 rings (SSSR count). The fourth-order valence-corrected chi connectivity index (χ4v) is 3.72. The smallest absolute Gasteiger partial charge is 0.416 e. The minimum absolute atomic E-state index is 0.288. The molecule has 2 amide bonds. The molecule has 0 saturated heterocycles. The molecule has 0 radical (unpaired) electrons. The third-order valence-electron chi connectivity index (χ3n) is 5.30. The van der Waals surface area contributed by atoms with Crippen molar-refractivity contribution in [3.05, 3.63) is 42.0 Å². The van der Waals surface area contributed by atoms with Crippen molar-refractivity contribution in [2.45, 2.75) is 39.0 Å². The quantitative estimate of drug-likeness (QED) is 0.749. The van der Waals surface area contributed by atoms with Gasteiger partial charge >= 0.3 is 6.09 Å². The summed E-state index contributed by atoms with van der Waals surface area (Å²) in [5.41, 5.74) is 1.07. The van der Waals surface area contributed by atoms with Gasteiger partial charge in [0.1, 0.15) is 5.75 Å². The number of carbonyl (C=O) groups is 2. The van der Waals surface area contributed by atoms with Gasteiger partial charge < -0.3 is 9.47 Å². The van der Waals surface area contributed by atoms with E-state index in [1.54, 1.807) is 7.11 Å². The van der Waals surface area contributed by atoms with Crippen LogP contribution in [-0.2, 0) is 16.0 Å². The Morgan fingerprint density at radius 2 is 1.93 bits per heavy atom. The number of hydrogen-bond donors (Lipinski definition) is 0. The summed E-state index contributed by atoms with van der Waals surface area (Å²) in [6, 6.07) is 12.0. The number of benzene rings is 2. The van der Waals surface area contributed by atoms with Crippen LogP contribution in [0, 0.1) is 5.92 Å². The van der Waals surface area contributed by atoms with Crippen LogP contribution in [0.4, 0.5) is 4.79 Å². The van der Waals surface area contributed by atoms with E-state index in [-0.39, 0.29) is 5.91 Å². The average Bonchev–Trinajstić information content (AvgIpc) is 3.19. The zero-order valence-corrected chi connectivity index (χ0v) is 16.1. The Morgan fingerprint density at radius 1 is 1.15 bits per heavy atom. The second kappa shape index (κ2) is 8.89. The van der Waals surface area contributed by atoms with Crippen molar-refractivity contribution in [3.8, 4) is 5.75 Å². The summed E-state index contributed by atoms with van der Waals surface area (Å²) in [5, 5.41) is 2.17. The summed E-state index contributed by atoms with van der Waals surface area (Å²) in [5.74, 6) is 0.937. The fourth-order valence-electron chi connectivity index (χ4n) is 3.72. The number of ether oxygens (including phenoxy) is 2. The van der Waals surface area contributed by atoms with Crippen molar-refractivity contribution in [3.63, 3.8) is 0 Å². The number of carbonyl (C=O) groups excluding carboxylic acids is 2. The third-order valence-corrected chi connectivity index (χ3v) is 5.30. The van der Waals surface area contributed by atoms with Crippen LogP contribution in [0.1, 0.15) is 38.2 Å². The zero-order chi connectivity index (χ0) is 19.2. The molecule has 0 aromatic heterocycles. The van der Waals surface area contributed by atoms with Gasteiger partial charge in [0.15, 0.2) is 0 Å². The van der Waals surface area contributed by atoms with Gasteiger partial charge in [0, 0.05) is 13.5 Å². The van der Waals surface area contributed by atoms with Crippen LogP contribution >= 0.6 is 0 Å². The van der Waals surface area contributed by atoms with Gasteiger partial charge in [0.2, 0.25) is 5.91 Å². The van der Waals surface area contributed by atoms with E-state index in [0.717, 1.165) is 34.9 Å². The first kappa shape index (κ1) is 19.2. The average molecular weight is 369 g/mol. The molecule has 0 bridgehead atoms. The number of imide groups is 1. The maximum Gasteiger partial charge on any atom is 0.416 e. The first-order chi connectivity index (χ1) is 13.1. The van der Waals surface area contributed by atoms with Gasteiger partial charge in [-0.05, 0) is 53.6 Å². The second-order valence-electron chi connectivity index (χ2n) is 7.15. The Kier molecular flexibility index (Phi) is 6.32. The SMILES string of the molecule is COc1ccc2cccc(CCN(C(C)=O)C(=O)OCC3CCCC3)c2c1. The minimum Gasteiger partial charge on any atom is -0.497 e. The summed E-state index contributed by atoms with van der Waals surface area (Å²) >= 11 is 0. The van der Waals surface area contributed by atoms with E-state index in [2.05, 4.69) is 0 Å². The topological polar surface area (TPSA) is 55.8 Å². The van der Waals surface area contributed by atoms with Gasteiger partial charge in [0.05, 0.1) is 13.7 Å². The Morgan fingerprint density at radius 3 is 2.63 bits per heavy atom. The summed E-state index contributed by atoms with van der Waals surface area (Å²) in [6.45, 7) is 2.12. The number of amides is 2. The molecule has 1 fully saturated rings. The maximum atomic E-state index is 12.4. The van der Waals surface area contributed by atoms with Crippen molar-refractivity contribution in [2.75, 3.05) is 20.3 Å². The Hall–Kier alpha value is -2.56. The normalized spacial score (nSPS) is 14.3. The van der Waals surface area contributed by atoms with Gasteiger partial charge in [-0.2, -0.15) is 0 Å². The highest BCUT2D eigenvalue weighted by molar-refractivity contribution is 5.91. The Bertz CT molecular complexity index is 811. The highest BCUT2D eigenvalue weighted by Gasteiger charge is 2.22. The monoisotopic (exact) mass is 369 g/mol. The van der Waals surface area contributed by atoms with Crippen LogP contribution in [0.25, 0.3) is 10.8 Å². The van der Waals surface area contributed by atoms with E-state index in [4.69, 9.17) is 9.47 Å². The summed E-state index contributed by atoms with van der Waals surface area (Å²) < 4.78 is 10.7. The predicted molar refractivity (Wildman–Crippen MR) is 105 cm³/mol. The van der Waals surface area contributed by atoms with Gasteiger partial charge in [-0.3, -0.25) is 4.79 Å². The largest absolute Gasteiger partial charge is 0.497 e. The van der Waals surface area contributed by atoms with Crippen LogP contribution in [0.3, 0.4) is 0 Å². The highest BCUT2D eigenvalue weighted by atomic mass is 16.6. The highest BCUT2D eigenvalue weighted by Crippen LogP contribution is 2.26. The molecule has 2 aromatic carbocycles. The zero-order valence-electron chi connectivity index (χ0n) is 16.1. The van der Waals surface area contributed by atoms with E-state index in [9.17, 15) is 9.59 Å². The molecule has 0 spiro atoms. The van der Waals surface area contributed by atoms with E-state index in [0.29, 0.717) is 25.5 Å². The van der Waals surface area contributed by atoms with Crippen LogP contribution in [-0.4, -0.2) is 37.2 Å². The standard InChI is InChI=1S/C22H27NO4/c1-16(24)23(22(25)27-15-17-6-3-4-7-17)13-12-19-9-5-8-18-10-11-20(26-2)14-21(18)19/h5,8-11,14,17H,3-4,6-7,12-13,15H2,1-2H3. The second-order valence-corrected chi connectivity index (χ2v) is 7.15. The number of methoxy groups -OCH3 is 1. The third kappa shape index (κ3) is 4.79. The van der Waals surface area contributed by atoms with E-state index < -0.39 is 6.09 Å². The number of fused-ring (bicyclic) bond motifs is 1. The van der Waals surface area contributed by atoms with Gasteiger partial charge in [-0.25, -0.2) is 9.69 Å². The van der Waals surface area contributed by atoms with Gasteiger partial charge in [-0.15, -0.1) is 0 Å². The van der Waals surface area contributed by atoms with Crippen LogP contribution in [0.15, 0.2) is 36.4 Å². The van der Waals surface area contributed by atoms with Crippen molar-refractivity contribution >= 4 is 22.8 Å². The summed E-state index contributed by atoms with van der Waals surface area (Å²) in [7, 11) is 1.64. The molecule has 1 saturated carbocycles. The lowest BCUT2D eigenvalue weighted by atomic mass is 10.0. The number of nitrogens with zero attached hydrogens (tertiary/aromatic N) is 1. The molecule has 5 nitrogen and oxygen atoms in total. The molecule has 27 heavy (non-hydrogen) atoms. The molecule has 0 heterocycles. The molecule has 144 valence electrons. The molecule has 0 atom stereocenters.